The molecule has 0 saturated heterocycles. The quantitative estimate of drug-likeness (QED) is 0.255. The van der Waals surface area contributed by atoms with E-state index in [2.05, 4.69) is 47.3 Å². The van der Waals surface area contributed by atoms with Gasteiger partial charge in [-0.2, -0.15) is 0 Å². The van der Waals surface area contributed by atoms with E-state index in [0.717, 1.165) is 22.1 Å². The van der Waals surface area contributed by atoms with Gasteiger partial charge in [0.15, 0.2) is 0 Å². The minimum absolute atomic E-state index is 0.536. The molecule has 0 bridgehead atoms. The Kier molecular flexibility index (Phi) is 6.31. The van der Waals surface area contributed by atoms with Crippen LogP contribution in [-0.2, 0) is 14.8 Å². The molecule has 0 aliphatic carbocycles. The van der Waals surface area contributed by atoms with E-state index < -0.39 is 0 Å². The Hall–Kier alpha value is -0.200. The predicted octanol–water partition coefficient (Wildman–Crippen LogP) is 0.279. The second-order valence-corrected chi connectivity index (χ2v) is 5.74. The Morgan fingerprint density at radius 2 is 1.00 bits per heavy atom. The first-order valence-corrected chi connectivity index (χ1v) is 5.23. The molecule has 0 aliphatic rings. The number of hydrogen-bond donors (Lipinski definition) is 0. The molecule has 0 unspecified atom stereocenters. The lowest BCUT2D eigenvalue weighted by Gasteiger charge is -2.23. The van der Waals surface area contributed by atoms with E-state index >= 15 is 0 Å². The maximum absolute atomic E-state index is 4.88. The molecule has 0 spiro atoms. The highest BCUT2D eigenvalue weighted by molar-refractivity contribution is 4.23. The molecule has 0 saturated carbocycles. The van der Waals surface area contributed by atoms with Crippen molar-refractivity contribution in [1.29, 1.82) is 0 Å². The molecule has 0 aliphatic heterocycles. The van der Waals surface area contributed by atoms with Crippen molar-refractivity contribution in [2.24, 2.45) is 0 Å². The molecule has 0 atom stereocenters. The zero-order chi connectivity index (χ0) is 11.9. The zero-order valence-corrected chi connectivity index (χ0v) is 10.9. The summed E-state index contributed by atoms with van der Waals surface area (Å²) in [4.78, 5) is 9.76. The molecule has 0 heterocycles. The van der Waals surface area contributed by atoms with Gasteiger partial charge in [0.2, 0.25) is 0 Å². The first-order valence-electron chi connectivity index (χ1n) is 5.23. The second kappa shape index (κ2) is 6.40. The number of rotatable bonds is 8. The first kappa shape index (κ1) is 14.8. The van der Waals surface area contributed by atoms with E-state index in [4.69, 9.17) is 9.78 Å². The molecular weight excluding hydrogens is 196 g/mol. The van der Waals surface area contributed by atoms with Crippen molar-refractivity contribution in [3.63, 3.8) is 0 Å². The van der Waals surface area contributed by atoms with E-state index in [1.165, 1.54) is 0 Å². The molecule has 92 valence electrons. The largest absolute Gasteiger partial charge is 0.329 e. The highest BCUT2D eigenvalue weighted by Gasteiger charge is 2.08. The third kappa shape index (κ3) is 13.8. The summed E-state index contributed by atoms with van der Waals surface area (Å²) >= 11 is 0. The van der Waals surface area contributed by atoms with Crippen LogP contribution in [-0.4, -0.2) is 77.6 Å². The molecule has 0 N–H and O–H groups in total. The van der Waals surface area contributed by atoms with Crippen molar-refractivity contribution in [2.45, 2.75) is 0 Å². The SMILES string of the molecule is C[N+](C)(C)CCOOOCC[N+](C)(C)C. The lowest BCUT2D eigenvalue weighted by molar-refractivity contribution is -0.874. The summed E-state index contributed by atoms with van der Waals surface area (Å²) in [5.74, 6) is 0. The van der Waals surface area contributed by atoms with Crippen molar-refractivity contribution in [3.05, 3.63) is 0 Å². The fraction of sp³-hybridized carbons (Fsp3) is 1.00. The van der Waals surface area contributed by atoms with Gasteiger partial charge in [-0.3, -0.25) is 0 Å². The van der Waals surface area contributed by atoms with Crippen LogP contribution in [0.3, 0.4) is 0 Å². The maximum Gasteiger partial charge on any atom is 0.134 e. The Labute approximate surface area is 93.2 Å². The van der Waals surface area contributed by atoms with Crippen LogP contribution < -0.4 is 0 Å². The molecule has 5 nitrogen and oxygen atoms in total. The fourth-order valence-corrected chi connectivity index (χ4v) is 0.724. The number of nitrogens with zero attached hydrogens (tertiary/aromatic N) is 2. The van der Waals surface area contributed by atoms with Gasteiger partial charge in [-0.05, 0) is 0 Å². The van der Waals surface area contributed by atoms with Crippen LogP contribution >= 0.6 is 0 Å². The molecule has 0 amide bonds. The summed E-state index contributed by atoms with van der Waals surface area (Å²) in [6.07, 6.45) is 0. The van der Waals surface area contributed by atoms with Gasteiger partial charge in [-0.25, -0.2) is 9.78 Å². The highest BCUT2D eigenvalue weighted by Crippen LogP contribution is 1.92. The molecule has 0 fully saturated rings. The van der Waals surface area contributed by atoms with Gasteiger partial charge < -0.3 is 8.97 Å². The normalized spacial score (nSPS) is 13.2. The summed E-state index contributed by atoms with van der Waals surface area (Å²) in [7, 11) is 12.6. The van der Waals surface area contributed by atoms with Gasteiger partial charge in [0, 0.05) is 0 Å². The third-order valence-corrected chi connectivity index (χ3v) is 1.79. The molecule has 0 radical (unpaired) electrons. The average Bonchev–Trinajstić information content (AvgIpc) is 1.98. The monoisotopic (exact) mass is 222 g/mol. The lowest BCUT2D eigenvalue weighted by Crippen LogP contribution is -2.38. The molecule has 0 aromatic heterocycles. The summed E-state index contributed by atoms with van der Waals surface area (Å²) in [5, 5.41) is 4.60. The number of hydrogen-bond acceptors (Lipinski definition) is 3. The van der Waals surface area contributed by atoms with Gasteiger partial charge >= 0.3 is 0 Å². The van der Waals surface area contributed by atoms with Crippen molar-refractivity contribution in [1.82, 2.24) is 0 Å². The topological polar surface area (TPSA) is 27.7 Å². The zero-order valence-electron chi connectivity index (χ0n) is 10.9. The Morgan fingerprint density at radius 1 is 0.667 bits per heavy atom. The standard InChI is InChI=1S/C10H26N2O3/c1-11(2,3)7-9-13-15-14-10-8-12(4,5)6/h7-10H2,1-6H3/q+2. The van der Waals surface area contributed by atoms with Gasteiger partial charge in [0.25, 0.3) is 0 Å². The Balaban J connectivity index is 3.20. The van der Waals surface area contributed by atoms with Crippen LogP contribution in [0.15, 0.2) is 0 Å². The van der Waals surface area contributed by atoms with E-state index in [1.807, 2.05) is 0 Å². The van der Waals surface area contributed by atoms with Crippen LogP contribution in [0.1, 0.15) is 0 Å². The Morgan fingerprint density at radius 3 is 1.27 bits per heavy atom. The van der Waals surface area contributed by atoms with E-state index in [-0.39, 0.29) is 0 Å². The Bertz CT molecular complexity index is 143. The summed E-state index contributed by atoms with van der Waals surface area (Å²) in [6.45, 7) is 2.85. The lowest BCUT2D eigenvalue weighted by atomic mass is 10.5. The van der Waals surface area contributed by atoms with Gasteiger partial charge in [0.1, 0.15) is 26.3 Å². The van der Waals surface area contributed by atoms with Crippen molar-refractivity contribution < 1.29 is 23.8 Å². The van der Waals surface area contributed by atoms with Gasteiger partial charge in [-0.15, -0.1) is 0 Å². The summed E-state index contributed by atoms with van der Waals surface area (Å²) in [6, 6.07) is 0. The van der Waals surface area contributed by atoms with E-state index in [1.54, 1.807) is 0 Å². The van der Waals surface area contributed by atoms with E-state index in [9.17, 15) is 0 Å². The average molecular weight is 222 g/mol. The van der Waals surface area contributed by atoms with Crippen LogP contribution in [0, 0.1) is 0 Å². The third-order valence-electron chi connectivity index (χ3n) is 1.79. The number of quaternary nitrogens is 2. The van der Waals surface area contributed by atoms with Crippen molar-refractivity contribution >= 4 is 0 Å². The molecule has 0 aromatic carbocycles. The molecule has 15 heavy (non-hydrogen) atoms. The maximum atomic E-state index is 4.88. The molecule has 5 heteroatoms. The summed E-state index contributed by atoms with van der Waals surface area (Å²) in [5.41, 5.74) is 0. The smallest absolute Gasteiger partial charge is 0.134 e. The molecule has 0 aromatic rings. The van der Waals surface area contributed by atoms with Gasteiger partial charge in [0.05, 0.1) is 42.3 Å². The minimum Gasteiger partial charge on any atom is -0.329 e. The van der Waals surface area contributed by atoms with Gasteiger partial charge in [-0.1, -0.05) is 5.04 Å². The molecular formula is C10H26N2O3+2. The van der Waals surface area contributed by atoms with E-state index in [0.29, 0.717) is 13.2 Å². The first-order chi connectivity index (χ1) is 6.71. The van der Waals surface area contributed by atoms with Crippen molar-refractivity contribution in [3.8, 4) is 0 Å². The fourth-order valence-electron chi connectivity index (χ4n) is 0.724. The van der Waals surface area contributed by atoms with Crippen molar-refractivity contribution in [2.75, 3.05) is 68.6 Å². The van der Waals surface area contributed by atoms with Crippen LogP contribution in [0.4, 0.5) is 0 Å². The van der Waals surface area contributed by atoms with Crippen LogP contribution in [0.2, 0.25) is 0 Å². The number of likely N-dealkylation sites (N-methyl/N-ethyl adjacent to an activating group) is 2. The highest BCUT2D eigenvalue weighted by atomic mass is 17.5. The second-order valence-electron chi connectivity index (χ2n) is 5.74. The summed E-state index contributed by atoms with van der Waals surface area (Å²) < 4.78 is 1.70. The molecule has 0 rings (SSSR count). The minimum atomic E-state index is 0.536. The predicted molar refractivity (Wildman–Crippen MR) is 58.8 cm³/mol. The van der Waals surface area contributed by atoms with Crippen LogP contribution in [0.5, 0.6) is 0 Å². The van der Waals surface area contributed by atoms with Crippen LogP contribution in [0.25, 0.3) is 0 Å².